The van der Waals surface area contributed by atoms with Crippen LogP contribution in [0.1, 0.15) is 39.2 Å². The Bertz CT molecular complexity index is 448. The summed E-state index contributed by atoms with van der Waals surface area (Å²) < 4.78 is 1.03. The normalized spacial score (nSPS) is 18.4. The van der Waals surface area contributed by atoms with Crippen molar-refractivity contribution in [2.45, 2.75) is 51.7 Å². The zero-order valence-electron chi connectivity index (χ0n) is 12.5. The summed E-state index contributed by atoms with van der Waals surface area (Å²) in [5.74, 6) is 0. The Morgan fingerprint density at radius 3 is 2.50 bits per heavy atom. The maximum Gasteiger partial charge on any atom is 0.0462 e. The van der Waals surface area contributed by atoms with E-state index in [-0.39, 0.29) is 0 Å². The van der Waals surface area contributed by atoms with Crippen molar-refractivity contribution >= 4 is 27.5 Å². The number of hydrogen-bond donors (Lipinski definition) is 1. The SMILES string of the molecule is CC(C)(C)N1CCC(NCc2ccc(Br)cc2Cl)CC1. The van der Waals surface area contributed by atoms with Crippen LogP contribution in [0, 0.1) is 0 Å². The van der Waals surface area contributed by atoms with Gasteiger partial charge < -0.3 is 5.32 Å². The third kappa shape index (κ3) is 4.45. The van der Waals surface area contributed by atoms with E-state index < -0.39 is 0 Å². The first-order chi connectivity index (χ1) is 9.36. The van der Waals surface area contributed by atoms with Crippen LogP contribution in [0.3, 0.4) is 0 Å². The van der Waals surface area contributed by atoms with Crippen LogP contribution < -0.4 is 5.32 Å². The van der Waals surface area contributed by atoms with E-state index in [0.29, 0.717) is 11.6 Å². The quantitative estimate of drug-likeness (QED) is 0.857. The van der Waals surface area contributed by atoms with Gasteiger partial charge in [0.1, 0.15) is 0 Å². The second-order valence-electron chi connectivity index (χ2n) is 6.55. The lowest BCUT2D eigenvalue weighted by Gasteiger charge is -2.41. The fourth-order valence-corrected chi connectivity index (χ4v) is 3.41. The number of nitrogens with one attached hydrogen (secondary N) is 1. The molecule has 1 aromatic carbocycles. The summed E-state index contributed by atoms with van der Waals surface area (Å²) in [6.45, 7) is 10.1. The van der Waals surface area contributed by atoms with Crippen LogP contribution in [0.15, 0.2) is 22.7 Å². The van der Waals surface area contributed by atoms with E-state index in [2.05, 4.69) is 53.0 Å². The Morgan fingerprint density at radius 2 is 1.95 bits per heavy atom. The molecule has 1 heterocycles. The smallest absolute Gasteiger partial charge is 0.0462 e. The summed E-state index contributed by atoms with van der Waals surface area (Å²) in [5.41, 5.74) is 1.47. The van der Waals surface area contributed by atoms with Gasteiger partial charge in [0, 0.05) is 40.7 Å². The molecule has 0 atom stereocenters. The molecule has 0 bridgehead atoms. The molecule has 1 aliphatic rings. The molecule has 0 aromatic heterocycles. The Labute approximate surface area is 136 Å². The molecule has 0 unspecified atom stereocenters. The number of rotatable bonds is 3. The average Bonchev–Trinajstić information content (AvgIpc) is 2.37. The predicted molar refractivity (Wildman–Crippen MR) is 90.3 cm³/mol. The van der Waals surface area contributed by atoms with Crippen molar-refractivity contribution in [1.82, 2.24) is 10.2 Å². The van der Waals surface area contributed by atoms with Gasteiger partial charge in [-0.05, 0) is 51.3 Å². The van der Waals surface area contributed by atoms with E-state index in [0.717, 1.165) is 16.0 Å². The fourth-order valence-electron chi connectivity index (χ4n) is 2.67. The van der Waals surface area contributed by atoms with Crippen LogP contribution in [0.25, 0.3) is 0 Å². The van der Waals surface area contributed by atoms with Crippen molar-refractivity contribution in [1.29, 1.82) is 0 Å². The molecule has 112 valence electrons. The molecule has 1 aromatic rings. The first-order valence-corrected chi connectivity index (χ1v) is 8.46. The highest BCUT2D eigenvalue weighted by atomic mass is 79.9. The first kappa shape index (κ1) is 16.3. The molecule has 1 saturated heterocycles. The predicted octanol–water partition coefficient (Wildman–Crippen LogP) is 4.46. The second-order valence-corrected chi connectivity index (χ2v) is 7.87. The van der Waals surface area contributed by atoms with Crippen molar-refractivity contribution in [2.75, 3.05) is 13.1 Å². The number of halogens is 2. The van der Waals surface area contributed by atoms with Crippen molar-refractivity contribution < 1.29 is 0 Å². The van der Waals surface area contributed by atoms with Crippen molar-refractivity contribution in [3.05, 3.63) is 33.3 Å². The molecule has 0 saturated carbocycles. The van der Waals surface area contributed by atoms with E-state index in [4.69, 9.17) is 11.6 Å². The zero-order valence-corrected chi connectivity index (χ0v) is 14.9. The summed E-state index contributed by atoms with van der Waals surface area (Å²) in [7, 11) is 0. The minimum Gasteiger partial charge on any atom is -0.310 e. The van der Waals surface area contributed by atoms with E-state index >= 15 is 0 Å². The number of piperidine rings is 1. The van der Waals surface area contributed by atoms with Gasteiger partial charge in [-0.15, -0.1) is 0 Å². The van der Waals surface area contributed by atoms with Crippen molar-refractivity contribution in [2.24, 2.45) is 0 Å². The number of hydrogen-bond acceptors (Lipinski definition) is 2. The minimum absolute atomic E-state index is 0.292. The van der Waals surface area contributed by atoms with Gasteiger partial charge in [0.15, 0.2) is 0 Å². The monoisotopic (exact) mass is 358 g/mol. The Morgan fingerprint density at radius 1 is 1.30 bits per heavy atom. The average molecular weight is 360 g/mol. The van der Waals surface area contributed by atoms with Gasteiger partial charge >= 0.3 is 0 Å². The van der Waals surface area contributed by atoms with Gasteiger partial charge in [-0.3, -0.25) is 4.90 Å². The molecule has 2 nitrogen and oxygen atoms in total. The van der Waals surface area contributed by atoms with Crippen molar-refractivity contribution in [3.63, 3.8) is 0 Å². The van der Waals surface area contributed by atoms with Gasteiger partial charge in [0.05, 0.1) is 0 Å². The molecule has 0 radical (unpaired) electrons. The molecule has 0 amide bonds. The lowest BCUT2D eigenvalue weighted by molar-refractivity contribution is 0.0960. The molecule has 1 aliphatic heterocycles. The van der Waals surface area contributed by atoms with E-state index in [9.17, 15) is 0 Å². The maximum absolute atomic E-state index is 6.25. The molecule has 0 aliphatic carbocycles. The molecule has 0 spiro atoms. The van der Waals surface area contributed by atoms with Gasteiger partial charge in [-0.1, -0.05) is 33.6 Å². The van der Waals surface area contributed by atoms with Gasteiger partial charge in [0.25, 0.3) is 0 Å². The van der Waals surface area contributed by atoms with Crippen molar-refractivity contribution in [3.8, 4) is 0 Å². The largest absolute Gasteiger partial charge is 0.310 e. The van der Waals surface area contributed by atoms with Crippen LogP contribution in [0.4, 0.5) is 0 Å². The summed E-state index contributed by atoms with van der Waals surface area (Å²) in [4.78, 5) is 2.57. The van der Waals surface area contributed by atoms with Gasteiger partial charge in [-0.2, -0.15) is 0 Å². The van der Waals surface area contributed by atoms with Crippen LogP contribution in [0.2, 0.25) is 5.02 Å². The Hall–Kier alpha value is -0.0900. The Balaban J connectivity index is 1.82. The molecular formula is C16H24BrClN2. The van der Waals surface area contributed by atoms with Crippen LogP contribution >= 0.6 is 27.5 Å². The standard InChI is InChI=1S/C16H24BrClN2/c1-16(2,3)20-8-6-14(7-9-20)19-11-12-4-5-13(17)10-15(12)18/h4-5,10,14,19H,6-9,11H2,1-3H3. The third-order valence-corrected chi connectivity index (χ3v) is 4.89. The highest BCUT2D eigenvalue weighted by Crippen LogP contribution is 2.23. The summed E-state index contributed by atoms with van der Waals surface area (Å²) in [6, 6.07) is 6.70. The molecule has 20 heavy (non-hydrogen) atoms. The molecular weight excluding hydrogens is 336 g/mol. The molecule has 4 heteroatoms. The Kier molecular flexibility index (Phi) is 5.52. The lowest BCUT2D eigenvalue weighted by Crippen LogP contribution is -2.49. The number of nitrogens with zero attached hydrogens (tertiary/aromatic N) is 1. The topological polar surface area (TPSA) is 15.3 Å². The number of likely N-dealkylation sites (tertiary alicyclic amines) is 1. The third-order valence-electron chi connectivity index (χ3n) is 4.04. The second kappa shape index (κ2) is 6.78. The van der Waals surface area contributed by atoms with Crippen LogP contribution in [-0.4, -0.2) is 29.6 Å². The highest BCUT2D eigenvalue weighted by Gasteiger charge is 2.26. The van der Waals surface area contributed by atoms with Crippen LogP contribution in [0.5, 0.6) is 0 Å². The lowest BCUT2D eigenvalue weighted by atomic mass is 9.98. The first-order valence-electron chi connectivity index (χ1n) is 7.28. The molecule has 2 rings (SSSR count). The maximum atomic E-state index is 6.25. The van der Waals surface area contributed by atoms with Gasteiger partial charge in [-0.25, -0.2) is 0 Å². The summed E-state index contributed by atoms with van der Waals surface area (Å²) in [6.07, 6.45) is 2.43. The molecule has 1 fully saturated rings. The van der Waals surface area contributed by atoms with Crippen LogP contribution in [-0.2, 0) is 6.54 Å². The fraction of sp³-hybridized carbons (Fsp3) is 0.625. The zero-order chi connectivity index (χ0) is 14.8. The minimum atomic E-state index is 0.292. The summed E-state index contributed by atoms with van der Waals surface area (Å²) >= 11 is 9.69. The van der Waals surface area contributed by atoms with Gasteiger partial charge in [0.2, 0.25) is 0 Å². The highest BCUT2D eigenvalue weighted by molar-refractivity contribution is 9.10. The summed E-state index contributed by atoms with van der Waals surface area (Å²) in [5, 5.41) is 4.48. The number of benzene rings is 1. The molecule has 1 N–H and O–H groups in total. The van der Waals surface area contributed by atoms with E-state index in [1.165, 1.54) is 31.5 Å². The van der Waals surface area contributed by atoms with E-state index in [1.54, 1.807) is 0 Å². The van der Waals surface area contributed by atoms with E-state index in [1.807, 2.05) is 12.1 Å².